The predicted octanol–water partition coefficient (Wildman–Crippen LogP) is 3.81. The van der Waals surface area contributed by atoms with Gasteiger partial charge in [-0.05, 0) is 53.9 Å². The minimum atomic E-state index is -3.87. The van der Waals surface area contributed by atoms with Gasteiger partial charge >= 0.3 is 0 Å². The van der Waals surface area contributed by atoms with E-state index in [0.717, 1.165) is 9.18 Å². The Bertz CT molecular complexity index is 1310. The molecule has 2 atom stereocenters. The number of methoxy groups -OCH3 is 1. The van der Waals surface area contributed by atoms with Gasteiger partial charge in [0.15, 0.2) is 5.76 Å². The Kier molecular flexibility index (Phi) is 9.53. The van der Waals surface area contributed by atoms with Crippen molar-refractivity contribution in [2.75, 3.05) is 38.7 Å². The Morgan fingerprint density at radius 3 is 2.53 bits per heavy atom. The van der Waals surface area contributed by atoms with Crippen LogP contribution in [0.25, 0.3) is 0 Å². The van der Waals surface area contributed by atoms with Crippen LogP contribution in [0.15, 0.2) is 88.8 Å². The van der Waals surface area contributed by atoms with Gasteiger partial charge in [-0.1, -0.05) is 24.3 Å². The molecule has 0 radical (unpaired) electrons. The zero-order chi connectivity index (χ0) is 27.0. The number of nitrogens with one attached hydrogen (secondary N) is 1. The van der Waals surface area contributed by atoms with Gasteiger partial charge in [-0.15, -0.1) is 11.3 Å². The van der Waals surface area contributed by atoms with Crippen molar-refractivity contribution in [2.45, 2.75) is 23.5 Å². The summed E-state index contributed by atoms with van der Waals surface area (Å²) in [5.41, 5.74) is 0.640. The van der Waals surface area contributed by atoms with E-state index in [-0.39, 0.29) is 42.9 Å². The molecule has 0 saturated carbocycles. The molecule has 3 aromatic rings. The van der Waals surface area contributed by atoms with Crippen LogP contribution in [0, 0.1) is 0 Å². The molecule has 1 aromatic heterocycles. The first kappa shape index (κ1) is 27.8. The number of aliphatic hydroxyl groups excluding tert-OH is 1. The van der Waals surface area contributed by atoms with E-state index >= 15 is 0 Å². The second-order valence-corrected chi connectivity index (χ2v) is 11.3. The van der Waals surface area contributed by atoms with Crippen LogP contribution in [-0.2, 0) is 24.3 Å². The molecule has 1 amide bonds. The molecule has 0 unspecified atom stereocenters. The predicted molar refractivity (Wildman–Crippen MR) is 144 cm³/mol. The van der Waals surface area contributed by atoms with Crippen molar-refractivity contribution in [2.24, 2.45) is 0 Å². The van der Waals surface area contributed by atoms with E-state index in [1.54, 1.807) is 41.7 Å². The van der Waals surface area contributed by atoms with Crippen molar-refractivity contribution in [1.82, 2.24) is 4.31 Å². The maximum atomic E-state index is 13.2. The number of carbonyl (C=O) groups excluding carboxylic acids is 1. The molecule has 2 heterocycles. The fourth-order valence-electron chi connectivity index (χ4n) is 3.98. The van der Waals surface area contributed by atoms with E-state index in [4.69, 9.17) is 14.2 Å². The number of hydrogen-bond acceptors (Lipinski definition) is 8. The Hall–Kier alpha value is -3.22. The summed E-state index contributed by atoms with van der Waals surface area (Å²) in [7, 11) is -2.37. The summed E-state index contributed by atoms with van der Waals surface area (Å²) in [5.74, 6) is 0.189. The third-order valence-corrected chi connectivity index (χ3v) is 8.83. The minimum Gasteiger partial charge on any atom is -0.497 e. The van der Waals surface area contributed by atoms with Gasteiger partial charge in [0.05, 0.1) is 25.2 Å². The normalized spacial score (nSPS) is 17.5. The zero-order valence-electron chi connectivity index (χ0n) is 20.9. The average molecular weight is 559 g/mol. The largest absolute Gasteiger partial charge is 0.497 e. The van der Waals surface area contributed by atoms with E-state index in [2.05, 4.69) is 5.32 Å². The summed E-state index contributed by atoms with van der Waals surface area (Å²) in [5, 5.41) is 14.3. The number of para-hydroxylation sites is 1. The third-order valence-electron chi connectivity index (χ3n) is 5.91. The summed E-state index contributed by atoms with van der Waals surface area (Å²) in [6, 6.07) is 19.0. The first-order valence-corrected chi connectivity index (χ1v) is 14.4. The molecule has 202 valence electrons. The fraction of sp³-hybridized carbons (Fsp3) is 0.296. The van der Waals surface area contributed by atoms with Gasteiger partial charge in [0.2, 0.25) is 16.3 Å². The molecule has 11 heteroatoms. The topological polar surface area (TPSA) is 114 Å². The first-order valence-electron chi connectivity index (χ1n) is 12.1. The first-order chi connectivity index (χ1) is 18.4. The molecular formula is C27H30N2O7S2. The molecule has 2 aromatic carbocycles. The number of allylic oxidation sites excluding steroid dienone is 1. The van der Waals surface area contributed by atoms with Crippen molar-refractivity contribution in [1.29, 1.82) is 0 Å². The summed E-state index contributed by atoms with van der Waals surface area (Å²) in [6.45, 7) is -0.438. The molecule has 0 saturated heterocycles. The number of sulfonamides is 1. The highest BCUT2D eigenvalue weighted by atomic mass is 32.2. The monoisotopic (exact) mass is 558 g/mol. The molecule has 0 aliphatic carbocycles. The van der Waals surface area contributed by atoms with Gasteiger partial charge in [-0.25, -0.2) is 8.42 Å². The minimum absolute atomic E-state index is 0.00476. The van der Waals surface area contributed by atoms with Crippen molar-refractivity contribution < 1.29 is 32.5 Å². The number of thiophene rings is 1. The van der Waals surface area contributed by atoms with Gasteiger partial charge in [-0.3, -0.25) is 4.79 Å². The highest BCUT2D eigenvalue weighted by molar-refractivity contribution is 7.89. The fourth-order valence-corrected chi connectivity index (χ4v) is 6.21. The maximum Gasteiger partial charge on any atom is 0.290 e. The number of ether oxygens (including phenoxy) is 3. The summed E-state index contributed by atoms with van der Waals surface area (Å²) >= 11 is 1.58. The van der Waals surface area contributed by atoms with E-state index in [0.29, 0.717) is 17.9 Å². The summed E-state index contributed by atoms with van der Waals surface area (Å²) in [4.78, 5) is 14.1. The van der Waals surface area contributed by atoms with Crippen molar-refractivity contribution in [3.8, 4) is 5.75 Å². The van der Waals surface area contributed by atoms with E-state index < -0.39 is 22.2 Å². The van der Waals surface area contributed by atoms with E-state index in [1.165, 1.54) is 19.2 Å². The molecule has 1 aliphatic heterocycles. The van der Waals surface area contributed by atoms with E-state index in [1.807, 2.05) is 35.7 Å². The van der Waals surface area contributed by atoms with Crippen LogP contribution in [-0.4, -0.2) is 63.4 Å². The molecule has 0 fully saturated rings. The molecule has 0 spiro atoms. The number of nitrogens with zero attached hydrogens (tertiary/aromatic N) is 1. The standard InChI is InChI=1S/C27H30N2O7S2/c1-34-22-9-11-23(12-10-22)38(32,33)29(13-15-30)14-16-35-26-19-20(25-8-5-17-37-25)18-24(36-26)27(31)28-21-6-3-2-4-7-21/h2-12,17-18,20,26,30H,13-16,19H2,1H3,(H,28,31)/t20-,26+/m0/s1. The second-order valence-electron chi connectivity index (χ2n) is 8.43. The van der Waals surface area contributed by atoms with Crippen LogP contribution in [0.5, 0.6) is 5.75 Å². The average Bonchev–Trinajstić information content (AvgIpc) is 3.48. The van der Waals surface area contributed by atoms with Crippen LogP contribution in [0.4, 0.5) is 5.69 Å². The Balaban J connectivity index is 1.43. The van der Waals surface area contributed by atoms with Crippen LogP contribution in [0.2, 0.25) is 0 Å². The molecule has 1 aliphatic rings. The number of aliphatic hydroxyl groups is 1. The second kappa shape index (κ2) is 13.0. The Morgan fingerprint density at radius 1 is 1.11 bits per heavy atom. The lowest BCUT2D eigenvalue weighted by Crippen LogP contribution is -2.37. The quantitative estimate of drug-likeness (QED) is 0.348. The summed E-state index contributed by atoms with van der Waals surface area (Å²) in [6.07, 6.45) is 1.49. The van der Waals surface area contributed by atoms with Gasteiger partial charge < -0.3 is 24.6 Å². The van der Waals surface area contributed by atoms with Gasteiger partial charge in [0.1, 0.15) is 5.75 Å². The Labute approximate surface area is 226 Å². The highest BCUT2D eigenvalue weighted by Crippen LogP contribution is 2.34. The molecule has 4 rings (SSSR count). The molecule has 2 N–H and O–H groups in total. The number of anilines is 1. The van der Waals surface area contributed by atoms with Crippen LogP contribution in [0.3, 0.4) is 0 Å². The van der Waals surface area contributed by atoms with Crippen LogP contribution < -0.4 is 10.1 Å². The zero-order valence-corrected chi connectivity index (χ0v) is 22.5. The van der Waals surface area contributed by atoms with Crippen molar-refractivity contribution >= 4 is 33.0 Å². The van der Waals surface area contributed by atoms with Gasteiger partial charge in [-0.2, -0.15) is 4.31 Å². The lowest BCUT2D eigenvalue weighted by molar-refractivity contribution is -0.143. The lowest BCUT2D eigenvalue weighted by Gasteiger charge is -2.29. The molecule has 0 bridgehead atoms. The highest BCUT2D eigenvalue weighted by Gasteiger charge is 2.30. The number of benzene rings is 2. The van der Waals surface area contributed by atoms with Crippen LogP contribution in [0.1, 0.15) is 17.2 Å². The Morgan fingerprint density at radius 2 is 1.87 bits per heavy atom. The number of hydrogen-bond donors (Lipinski definition) is 2. The van der Waals surface area contributed by atoms with E-state index in [9.17, 15) is 18.3 Å². The number of carbonyl (C=O) groups is 1. The van der Waals surface area contributed by atoms with Crippen molar-refractivity contribution in [3.63, 3.8) is 0 Å². The van der Waals surface area contributed by atoms with Crippen molar-refractivity contribution in [3.05, 3.63) is 88.8 Å². The third kappa shape index (κ3) is 7.00. The smallest absolute Gasteiger partial charge is 0.290 e. The lowest BCUT2D eigenvalue weighted by atomic mass is 9.99. The SMILES string of the molecule is COc1ccc(S(=O)(=O)N(CCO)CCO[C@H]2C[C@@H](c3cccs3)C=C(C(=O)Nc3ccccc3)O2)cc1. The summed E-state index contributed by atoms with van der Waals surface area (Å²) < 4.78 is 44.4. The number of amides is 1. The maximum absolute atomic E-state index is 13.2. The molecular weight excluding hydrogens is 528 g/mol. The van der Waals surface area contributed by atoms with Crippen LogP contribution >= 0.6 is 11.3 Å². The molecule has 9 nitrogen and oxygen atoms in total. The number of rotatable bonds is 12. The van der Waals surface area contributed by atoms with Gasteiger partial charge in [0.25, 0.3) is 5.91 Å². The molecule has 38 heavy (non-hydrogen) atoms. The van der Waals surface area contributed by atoms with Gasteiger partial charge in [0, 0.05) is 36.0 Å².